The summed E-state index contributed by atoms with van der Waals surface area (Å²) in [6, 6.07) is 0. The Bertz CT molecular complexity index is 153. The van der Waals surface area contributed by atoms with Gasteiger partial charge in [-0.1, -0.05) is 0 Å². The lowest BCUT2D eigenvalue weighted by Crippen LogP contribution is -2.26. The molecular formula is C6H7ClF2O. The predicted molar refractivity (Wildman–Crippen MR) is 34.9 cm³/mol. The molecule has 0 aromatic carbocycles. The van der Waals surface area contributed by atoms with Crippen LogP contribution < -0.4 is 0 Å². The minimum atomic E-state index is -3.57. The van der Waals surface area contributed by atoms with Crippen molar-refractivity contribution in [2.75, 3.05) is 0 Å². The molecule has 0 aliphatic rings. The topological polar surface area (TPSA) is 20.2 Å². The van der Waals surface area contributed by atoms with Crippen LogP contribution >= 0.6 is 11.6 Å². The minimum Gasteiger partial charge on any atom is -0.384 e. The summed E-state index contributed by atoms with van der Waals surface area (Å²) in [6.45, 7) is 1.50. The fourth-order valence-corrected chi connectivity index (χ4v) is 0.392. The van der Waals surface area contributed by atoms with Crippen molar-refractivity contribution in [2.45, 2.75) is 24.8 Å². The number of halogens is 3. The molecule has 0 rings (SSSR count). The molecule has 0 aliphatic heterocycles. The Morgan fingerprint density at radius 3 is 2.50 bits per heavy atom. The molecule has 1 nitrogen and oxygen atoms in total. The summed E-state index contributed by atoms with van der Waals surface area (Å²) < 4.78 is 23.8. The summed E-state index contributed by atoms with van der Waals surface area (Å²) in [7, 11) is 0. The predicted octanol–water partition coefficient (Wildman–Crippen LogP) is 1.59. The van der Waals surface area contributed by atoms with Gasteiger partial charge in [0.2, 0.25) is 0 Å². The van der Waals surface area contributed by atoms with Crippen LogP contribution in [-0.2, 0) is 0 Å². The molecule has 10 heavy (non-hydrogen) atoms. The van der Waals surface area contributed by atoms with Crippen LogP contribution in [0.3, 0.4) is 0 Å². The van der Waals surface area contributed by atoms with Gasteiger partial charge in [0.15, 0.2) is 0 Å². The first-order valence-electron chi connectivity index (χ1n) is 2.63. The standard InChI is InChI=1S/C6H7ClF2O/c1-2-3-4-5(10)6(7,8)9/h5,10H,4H2,1H3. The lowest BCUT2D eigenvalue weighted by molar-refractivity contribution is -0.0373. The first kappa shape index (κ1) is 9.67. The Hall–Kier alpha value is -0.330. The second kappa shape index (κ2) is 3.75. The van der Waals surface area contributed by atoms with Crippen LogP contribution in [0.15, 0.2) is 0 Å². The van der Waals surface area contributed by atoms with Crippen LogP contribution in [0.4, 0.5) is 8.78 Å². The highest BCUT2D eigenvalue weighted by Crippen LogP contribution is 2.24. The van der Waals surface area contributed by atoms with Gasteiger partial charge in [-0.25, -0.2) is 0 Å². The first-order valence-corrected chi connectivity index (χ1v) is 3.00. The van der Waals surface area contributed by atoms with Crippen molar-refractivity contribution in [3.8, 4) is 11.8 Å². The molecule has 0 aliphatic carbocycles. The van der Waals surface area contributed by atoms with Crippen LogP contribution in [0.2, 0.25) is 0 Å². The highest BCUT2D eigenvalue weighted by molar-refractivity contribution is 6.22. The third-order valence-corrected chi connectivity index (χ3v) is 1.10. The van der Waals surface area contributed by atoms with E-state index in [0.29, 0.717) is 0 Å². The van der Waals surface area contributed by atoms with Gasteiger partial charge in [-0.15, -0.1) is 11.8 Å². The second-order valence-corrected chi connectivity index (χ2v) is 2.19. The Morgan fingerprint density at radius 1 is 1.70 bits per heavy atom. The molecule has 58 valence electrons. The SMILES string of the molecule is CC#CCC(O)C(F)(F)Cl. The van der Waals surface area contributed by atoms with Crippen molar-refractivity contribution in [2.24, 2.45) is 0 Å². The molecule has 0 aromatic rings. The summed E-state index contributed by atoms with van der Waals surface area (Å²) in [5, 5.41) is 4.97. The number of hydrogen-bond acceptors (Lipinski definition) is 1. The zero-order valence-corrected chi connectivity index (χ0v) is 6.12. The maximum Gasteiger partial charge on any atom is 0.348 e. The van der Waals surface area contributed by atoms with Crippen molar-refractivity contribution in [3.05, 3.63) is 0 Å². The van der Waals surface area contributed by atoms with Gasteiger partial charge in [0.25, 0.3) is 0 Å². The Kier molecular flexibility index (Phi) is 3.62. The molecule has 0 radical (unpaired) electrons. The third-order valence-electron chi connectivity index (χ3n) is 0.850. The van der Waals surface area contributed by atoms with E-state index in [1.807, 2.05) is 0 Å². The molecular weight excluding hydrogens is 162 g/mol. The molecule has 0 saturated heterocycles. The molecule has 0 heterocycles. The lowest BCUT2D eigenvalue weighted by atomic mass is 10.2. The van der Waals surface area contributed by atoms with E-state index >= 15 is 0 Å². The quantitative estimate of drug-likeness (QED) is 0.491. The molecule has 1 unspecified atom stereocenters. The number of alkyl halides is 3. The van der Waals surface area contributed by atoms with Gasteiger partial charge in [-0.3, -0.25) is 0 Å². The Labute approximate surface area is 63.0 Å². The molecule has 0 aromatic heterocycles. The van der Waals surface area contributed by atoms with E-state index in [-0.39, 0.29) is 6.42 Å². The summed E-state index contributed by atoms with van der Waals surface area (Å²) in [5.41, 5.74) is 0. The maximum absolute atomic E-state index is 11.9. The van der Waals surface area contributed by atoms with E-state index in [1.165, 1.54) is 6.92 Å². The highest BCUT2D eigenvalue weighted by Gasteiger charge is 2.34. The first-order chi connectivity index (χ1) is 4.48. The minimum absolute atomic E-state index is 0.299. The average molecular weight is 169 g/mol. The summed E-state index contributed by atoms with van der Waals surface area (Å²) >= 11 is 4.47. The maximum atomic E-state index is 11.9. The molecule has 4 heteroatoms. The summed E-state index contributed by atoms with van der Waals surface area (Å²) in [4.78, 5) is 0. The van der Waals surface area contributed by atoms with E-state index in [0.717, 1.165) is 0 Å². The zero-order valence-electron chi connectivity index (χ0n) is 5.37. The highest BCUT2D eigenvalue weighted by atomic mass is 35.5. The van der Waals surface area contributed by atoms with Gasteiger partial charge in [-0.2, -0.15) is 8.78 Å². The average Bonchev–Trinajstić information content (AvgIpc) is 1.80. The fraction of sp³-hybridized carbons (Fsp3) is 0.667. The lowest BCUT2D eigenvalue weighted by Gasteiger charge is -2.11. The molecule has 0 bridgehead atoms. The van der Waals surface area contributed by atoms with E-state index in [4.69, 9.17) is 5.11 Å². The summed E-state index contributed by atoms with van der Waals surface area (Å²) in [5.74, 6) is 4.66. The monoisotopic (exact) mass is 168 g/mol. The van der Waals surface area contributed by atoms with Crippen LogP contribution in [0.1, 0.15) is 13.3 Å². The molecule has 0 spiro atoms. The third kappa shape index (κ3) is 3.65. The number of aliphatic hydroxyl groups is 1. The van der Waals surface area contributed by atoms with Gasteiger partial charge >= 0.3 is 5.38 Å². The van der Waals surface area contributed by atoms with Crippen molar-refractivity contribution in [1.82, 2.24) is 0 Å². The van der Waals surface area contributed by atoms with E-state index < -0.39 is 11.5 Å². The van der Waals surface area contributed by atoms with E-state index in [2.05, 4.69) is 23.4 Å². The van der Waals surface area contributed by atoms with Crippen molar-refractivity contribution in [1.29, 1.82) is 0 Å². The molecule has 1 atom stereocenters. The number of aliphatic hydroxyl groups excluding tert-OH is 1. The Morgan fingerprint density at radius 2 is 2.20 bits per heavy atom. The van der Waals surface area contributed by atoms with Gasteiger partial charge < -0.3 is 5.11 Å². The van der Waals surface area contributed by atoms with E-state index in [9.17, 15) is 8.78 Å². The van der Waals surface area contributed by atoms with Crippen LogP contribution in [0.5, 0.6) is 0 Å². The zero-order chi connectivity index (χ0) is 8.20. The van der Waals surface area contributed by atoms with Gasteiger partial charge in [0.1, 0.15) is 6.10 Å². The van der Waals surface area contributed by atoms with Gasteiger partial charge in [-0.05, 0) is 18.5 Å². The largest absolute Gasteiger partial charge is 0.384 e. The smallest absolute Gasteiger partial charge is 0.348 e. The number of rotatable bonds is 2. The molecule has 1 N–H and O–H groups in total. The fourth-order valence-electron chi connectivity index (χ4n) is 0.314. The van der Waals surface area contributed by atoms with Crippen molar-refractivity contribution < 1.29 is 13.9 Å². The molecule has 0 amide bonds. The van der Waals surface area contributed by atoms with E-state index in [1.54, 1.807) is 0 Å². The normalized spacial score (nSPS) is 13.7. The van der Waals surface area contributed by atoms with Crippen molar-refractivity contribution in [3.63, 3.8) is 0 Å². The molecule has 0 saturated carbocycles. The van der Waals surface area contributed by atoms with Crippen LogP contribution in [0.25, 0.3) is 0 Å². The molecule has 0 fully saturated rings. The summed E-state index contributed by atoms with van der Waals surface area (Å²) in [6.07, 6.45) is -2.17. The van der Waals surface area contributed by atoms with Crippen LogP contribution in [-0.4, -0.2) is 16.6 Å². The van der Waals surface area contributed by atoms with Gasteiger partial charge in [0, 0.05) is 6.42 Å². The second-order valence-electron chi connectivity index (χ2n) is 1.69. The van der Waals surface area contributed by atoms with Crippen LogP contribution in [0, 0.1) is 11.8 Å². The van der Waals surface area contributed by atoms with Gasteiger partial charge in [0.05, 0.1) is 0 Å². The van der Waals surface area contributed by atoms with Crippen molar-refractivity contribution >= 4 is 11.6 Å². The number of hydrogen-bond donors (Lipinski definition) is 1. The Balaban J connectivity index is 3.81.